The number of oxime groups is 1. The van der Waals surface area contributed by atoms with Gasteiger partial charge in [0.1, 0.15) is 0 Å². The summed E-state index contributed by atoms with van der Waals surface area (Å²) in [6.45, 7) is 2.00. The summed E-state index contributed by atoms with van der Waals surface area (Å²) in [4.78, 5) is 4.56. The lowest BCUT2D eigenvalue weighted by Crippen LogP contribution is -2.38. The molecule has 1 unspecified atom stereocenters. The minimum atomic E-state index is 0.142. The predicted molar refractivity (Wildman–Crippen MR) is 85.6 cm³/mol. The maximum absolute atomic E-state index is 9.01. The SMILES string of the molecule is CN(C)CC1CCCN1c1cccc(Br)c1/C(N)=N/O. The van der Waals surface area contributed by atoms with Gasteiger partial charge >= 0.3 is 0 Å². The molecule has 5 nitrogen and oxygen atoms in total. The first-order chi connectivity index (χ1) is 9.54. The first-order valence-electron chi connectivity index (χ1n) is 6.72. The molecule has 2 rings (SSSR count). The standard InChI is InChI=1S/C14H21BrN4O/c1-18(2)9-10-5-4-8-19(10)12-7-3-6-11(15)13(12)14(16)17-20/h3,6-7,10,20H,4-5,8-9H2,1-2H3,(H2,16,17). The lowest BCUT2D eigenvalue weighted by atomic mass is 10.1. The Balaban J connectivity index is 2.39. The van der Waals surface area contributed by atoms with Crippen LogP contribution in [0.3, 0.4) is 0 Å². The minimum absolute atomic E-state index is 0.142. The summed E-state index contributed by atoms with van der Waals surface area (Å²) in [6.07, 6.45) is 2.33. The van der Waals surface area contributed by atoms with Crippen LogP contribution in [-0.4, -0.2) is 49.2 Å². The van der Waals surface area contributed by atoms with Gasteiger partial charge in [-0.1, -0.05) is 11.2 Å². The van der Waals surface area contributed by atoms with Crippen LogP contribution in [-0.2, 0) is 0 Å². The van der Waals surface area contributed by atoms with Crippen LogP contribution in [0.2, 0.25) is 0 Å². The second kappa shape index (κ2) is 6.45. The number of nitrogens with zero attached hydrogens (tertiary/aromatic N) is 3. The van der Waals surface area contributed by atoms with E-state index in [2.05, 4.69) is 45.0 Å². The van der Waals surface area contributed by atoms with Gasteiger partial charge in [-0.2, -0.15) is 0 Å². The zero-order valence-electron chi connectivity index (χ0n) is 11.9. The van der Waals surface area contributed by atoms with Crippen LogP contribution < -0.4 is 10.6 Å². The van der Waals surface area contributed by atoms with Crippen molar-refractivity contribution in [3.05, 3.63) is 28.2 Å². The molecule has 110 valence electrons. The van der Waals surface area contributed by atoms with Crippen molar-refractivity contribution in [2.45, 2.75) is 18.9 Å². The van der Waals surface area contributed by atoms with Crippen LogP contribution in [0.25, 0.3) is 0 Å². The van der Waals surface area contributed by atoms with E-state index in [0.29, 0.717) is 6.04 Å². The van der Waals surface area contributed by atoms with Crippen LogP contribution in [0.1, 0.15) is 18.4 Å². The highest BCUT2D eigenvalue weighted by Gasteiger charge is 2.28. The highest BCUT2D eigenvalue weighted by atomic mass is 79.9. The van der Waals surface area contributed by atoms with Crippen molar-refractivity contribution in [1.29, 1.82) is 0 Å². The molecule has 1 saturated heterocycles. The predicted octanol–water partition coefficient (Wildman–Crippen LogP) is 2.07. The van der Waals surface area contributed by atoms with E-state index in [9.17, 15) is 0 Å². The number of anilines is 1. The third-order valence-electron chi connectivity index (χ3n) is 3.62. The summed E-state index contributed by atoms with van der Waals surface area (Å²) in [6, 6.07) is 6.39. The summed E-state index contributed by atoms with van der Waals surface area (Å²) < 4.78 is 0.848. The molecule has 6 heteroatoms. The summed E-state index contributed by atoms with van der Waals surface area (Å²) in [5.41, 5.74) is 7.63. The topological polar surface area (TPSA) is 65.1 Å². The summed E-state index contributed by atoms with van der Waals surface area (Å²) >= 11 is 3.50. The minimum Gasteiger partial charge on any atom is -0.409 e. The van der Waals surface area contributed by atoms with Gasteiger partial charge in [0, 0.05) is 29.3 Å². The number of likely N-dealkylation sites (N-methyl/N-ethyl adjacent to an activating group) is 1. The molecule has 0 saturated carbocycles. The molecule has 1 aliphatic rings. The van der Waals surface area contributed by atoms with Crippen LogP contribution >= 0.6 is 15.9 Å². The Bertz CT molecular complexity index is 504. The molecule has 1 atom stereocenters. The van der Waals surface area contributed by atoms with E-state index in [1.165, 1.54) is 12.8 Å². The lowest BCUT2D eigenvalue weighted by Gasteiger charge is -2.30. The Labute approximate surface area is 128 Å². The molecular weight excluding hydrogens is 320 g/mol. The molecule has 1 fully saturated rings. The zero-order chi connectivity index (χ0) is 14.7. The van der Waals surface area contributed by atoms with E-state index in [0.717, 1.165) is 28.8 Å². The Morgan fingerprint density at radius 3 is 2.95 bits per heavy atom. The highest BCUT2D eigenvalue weighted by Crippen LogP contribution is 2.32. The molecule has 1 heterocycles. The molecule has 0 amide bonds. The molecule has 0 bridgehead atoms. The number of hydrogen-bond acceptors (Lipinski definition) is 4. The van der Waals surface area contributed by atoms with Gasteiger partial charge in [-0.25, -0.2) is 0 Å². The van der Waals surface area contributed by atoms with Crippen molar-refractivity contribution in [1.82, 2.24) is 4.90 Å². The fourth-order valence-corrected chi connectivity index (χ4v) is 3.38. The second-order valence-electron chi connectivity index (χ2n) is 5.37. The molecule has 0 aromatic heterocycles. The summed E-state index contributed by atoms with van der Waals surface area (Å²) in [7, 11) is 4.17. The summed E-state index contributed by atoms with van der Waals surface area (Å²) in [5.74, 6) is 0.142. The Morgan fingerprint density at radius 2 is 2.30 bits per heavy atom. The van der Waals surface area contributed by atoms with E-state index in [1.54, 1.807) is 0 Å². The number of nitrogens with two attached hydrogens (primary N) is 1. The van der Waals surface area contributed by atoms with Gasteiger partial charge in [0.05, 0.1) is 5.56 Å². The van der Waals surface area contributed by atoms with Gasteiger partial charge in [-0.15, -0.1) is 0 Å². The smallest absolute Gasteiger partial charge is 0.173 e. The van der Waals surface area contributed by atoms with Crippen LogP contribution in [0.4, 0.5) is 5.69 Å². The third-order valence-corrected chi connectivity index (χ3v) is 4.28. The Morgan fingerprint density at radius 1 is 1.55 bits per heavy atom. The number of hydrogen-bond donors (Lipinski definition) is 2. The average molecular weight is 341 g/mol. The first kappa shape index (κ1) is 15.1. The largest absolute Gasteiger partial charge is 0.409 e. The molecule has 20 heavy (non-hydrogen) atoms. The molecular formula is C14H21BrN4O. The van der Waals surface area contributed by atoms with E-state index >= 15 is 0 Å². The van der Waals surface area contributed by atoms with Gasteiger partial charge in [0.2, 0.25) is 0 Å². The molecule has 0 spiro atoms. The fourth-order valence-electron chi connectivity index (χ4n) is 2.82. The third kappa shape index (κ3) is 3.07. The van der Waals surface area contributed by atoms with Gasteiger partial charge in [-0.3, -0.25) is 0 Å². The molecule has 3 N–H and O–H groups in total. The highest BCUT2D eigenvalue weighted by molar-refractivity contribution is 9.10. The van der Waals surface area contributed by atoms with Crippen LogP contribution in [0, 0.1) is 0 Å². The zero-order valence-corrected chi connectivity index (χ0v) is 13.5. The van der Waals surface area contributed by atoms with E-state index in [4.69, 9.17) is 10.9 Å². The normalized spacial score (nSPS) is 19.9. The van der Waals surface area contributed by atoms with Gasteiger partial charge < -0.3 is 20.7 Å². The maximum atomic E-state index is 9.01. The molecule has 1 aromatic carbocycles. The van der Waals surface area contributed by atoms with Crippen molar-refractivity contribution in [3.63, 3.8) is 0 Å². The van der Waals surface area contributed by atoms with E-state index < -0.39 is 0 Å². The first-order valence-corrected chi connectivity index (χ1v) is 7.51. The molecule has 1 aliphatic heterocycles. The molecule has 1 aromatic rings. The molecule has 0 aliphatic carbocycles. The average Bonchev–Trinajstić information content (AvgIpc) is 2.84. The van der Waals surface area contributed by atoms with Crippen LogP contribution in [0.5, 0.6) is 0 Å². The van der Waals surface area contributed by atoms with Crippen LogP contribution in [0.15, 0.2) is 27.8 Å². The molecule has 0 radical (unpaired) electrons. The fraction of sp³-hybridized carbons (Fsp3) is 0.500. The monoisotopic (exact) mass is 340 g/mol. The number of rotatable bonds is 4. The maximum Gasteiger partial charge on any atom is 0.173 e. The van der Waals surface area contributed by atoms with Crippen molar-refractivity contribution in [2.24, 2.45) is 10.9 Å². The number of benzene rings is 1. The van der Waals surface area contributed by atoms with Crippen molar-refractivity contribution in [2.75, 3.05) is 32.1 Å². The van der Waals surface area contributed by atoms with E-state index in [1.807, 2.05) is 18.2 Å². The van der Waals surface area contributed by atoms with Crippen molar-refractivity contribution < 1.29 is 5.21 Å². The van der Waals surface area contributed by atoms with Gasteiger partial charge in [0.15, 0.2) is 5.84 Å². The lowest BCUT2D eigenvalue weighted by molar-refractivity contribution is 0.318. The Hall–Kier alpha value is -1.27. The quantitative estimate of drug-likeness (QED) is 0.381. The second-order valence-corrected chi connectivity index (χ2v) is 6.23. The number of amidine groups is 1. The van der Waals surface area contributed by atoms with Crippen molar-refractivity contribution >= 4 is 27.5 Å². The Kier molecular flexibility index (Phi) is 4.88. The van der Waals surface area contributed by atoms with Gasteiger partial charge in [-0.05, 0) is 55.0 Å². The summed E-state index contributed by atoms with van der Waals surface area (Å²) in [5, 5.41) is 12.2. The number of halogens is 1. The van der Waals surface area contributed by atoms with Crippen molar-refractivity contribution in [3.8, 4) is 0 Å². The van der Waals surface area contributed by atoms with E-state index in [-0.39, 0.29) is 5.84 Å². The van der Waals surface area contributed by atoms with Gasteiger partial charge in [0.25, 0.3) is 0 Å².